The Hall–Kier alpha value is -1.95. The average molecular weight is 428 g/mol. The largest absolute Gasteiger partial charge is 0.354 e. The van der Waals surface area contributed by atoms with Crippen molar-refractivity contribution in [1.29, 1.82) is 0 Å². The van der Waals surface area contributed by atoms with Crippen LogP contribution < -0.4 is 5.32 Å². The molecule has 1 aromatic heterocycles. The second kappa shape index (κ2) is 9.04. The molecular formula is C24H33N3O2S. The Kier molecular flexibility index (Phi) is 6.42. The van der Waals surface area contributed by atoms with E-state index < -0.39 is 6.04 Å². The maximum absolute atomic E-state index is 13.6. The van der Waals surface area contributed by atoms with Gasteiger partial charge in [-0.05, 0) is 31.2 Å². The Balaban J connectivity index is 1.80. The van der Waals surface area contributed by atoms with E-state index in [4.69, 9.17) is 0 Å². The molecule has 2 aromatic rings. The smallest absolute Gasteiger partial charge is 0.247 e. The van der Waals surface area contributed by atoms with Crippen molar-refractivity contribution >= 4 is 34.5 Å². The highest BCUT2D eigenvalue weighted by Gasteiger charge is 2.42. The number of hydrogen-bond acceptors (Lipinski definition) is 3. The highest BCUT2D eigenvalue weighted by molar-refractivity contribution is 8.00. The SMILES string of the molecule is CC(C)CCNC(=O)[C@@H]1c2c(n(C)c3ccccc23)SCC(=O)N1C1CCCCC1. The summed E-state index contributed by atoms with van der Waals surface area (Å²) < 4.78 is 2.15. The number of carbonyl (C=O) groups excluding carboxylic acids is 2. The van der Waals surface area contributed by atoms with Crippen LogP contribution in [0, 0.1) is 5.92 Å². The van der Waals surface area contributed by atoms with Gasteiger partial charge in [0.15, 0.2) is 0 Å². The summed E-state index contributed by atoms with van der Waals surface area (Å²) in [5.74, 6) is 0.980. The first kappa shape index (κ1) is 21.3. The lowest BCUT2D eigenvalue weighted by Gasteiger charge is -2.38. The normalized spacial score (nSPS) is 20.5. The van der Waals surface area contributed by atoms with Crippen molar-refractivity contribution in [2.24, 2.45) is 13.0 Å². The van der Waals surface area contributed by atoms with Crippen LogP contribution in [0.3, 0.4) is 0 Å². The molecule has 0 spiro atoms. The molecule has 4 rings (SSSR count). The Morgan fingerprint density at radius 1 is 1.20 bits per heavy atom. The van der Waals surface area contributed by atoms with Gasteiger partial charge in [-0.1, -0.05) is 63.1 Å². The van der Waals surface area contributed by atoms with Crippen molar-refractivity contribution in [1.82, 2.24) is 14.8 Å². The minimum absolute atomic E-state index is 0.0327. The fourth-order valence-corrected chi connectivity index (χ4v) is 6.02. The molecule has 1 aliphatic carbocycles. The fraction of sp³-hybridized carbons (Fsp3) is 0.583. The number of fused-ring (bicyclic) bond motifs is 3. The molecular weight excluding hydrogens is 394 g/mol. The van der Waals surface area contributed by atoms with Gasteiger partial charge >= 0.3 is 0 Å². The molecule has 0 radical (unpaired) electrons. The number of rotatable bonds is 5. The van der Waals surface area contributed by atoms with Crippen LogP contribution in [0.2, 0.25) is 0 Å². The van der Waals surface area contributed by atoms with Crippen LogP contribution in [0.5, 0.6) is 0 Å². The van der Waals surface area contributed by atoms with Gasteiger partial charge in [0.25, 0.3) is 0 Å². The number of carbonyl (C=O) groups is 2. The molecule has 2 aliphatic rings. The van der Waals surface area contributed by atoms with Crippen LogP contribution in [-0.2, 0) is 16.6 Å². The zero-order valence-electron chi connectivity index (χ0n) is 18.3. The van der Waals surface area contributed by atoms with Gasteiger partial charge in [0.05, 0.1) is 10.8 Å². The predicted octanol–water partition coefficient (Wildman–Crippen LogP) is 4.65. The minimum atomic E-state index is -0.552. The molecule has 0 bridgehead atoms. The lowest BCUT2D eigenvalue weighted by atomic mass is 9.91. The molecule has 0 unspecified atom stereocenters. The summed E-state index contributed by atoms with van der Waals surface area (Å²) in [5.41, 5.74) is 2.13. The minimum Gasteiger partial charge on any atom is -0.354 e. The summed E-state index contributed by atoms with van der Waals surface area (Å²) in [5, 5.41) is 5.30. The number of thioether (sulfide) groups is 1. The molecule has 5 nitrogen and oxygen atoms in total. The van der Waals surface area contributed by atoms with Crippen LogP contribution in [-0.4, -0.2) is 39.6 Å². The van der Waals surface area contributed by atoms with Gasteiger partial charge in [0, 0.05) is 36.1 Å². The quantitative estimate of drug-likeness (QED) is 0.756. The van der Waals surface area contributed by atoms with Gasteiger partial charge in [-0.2, -0.15) is 0 Å². The number of amides is 2. The van der Waals surface area contributed by atoms with Crippen molar-refractivity contribution < 1.29 is 9.59 Å². The molecule has 1 aliphatic heterocycles. The van der Waals surface area contributed by atoms with Crippen LogP contribution in [0.1, 0.15) is 64.0 Å². The Bertz CT molecular complexity index is 930. The molecule has 0 saturated heterocycles. The van der Waals surface area contributed by atoms with E-state index in [2.05, 4.69) is 35.9 Å². The maximum Gasteiger partial charge on any atom is 0.247 e. The van der Waals surface area contributed by atoms with Crippen LogP contribution in [0.25, 0.3) is 10.9 Å². The Labute approximate surface area is 183 Å². The highest BCUT2D eigenvalue weighted by Crippen LogP contribution is 2.43. The molecule has 2 heterocycles. The van der Waals surface area contributed by atoms with E-state index in [1.54, 1.807) is 11.8 Å². The fourth-order valence-electron chi connectivity index (χ4n) is 4.94. The molecule has 162 valence electrons. The van der Waals surface area contributed by atoms with E-state index in [-0.39, 0.29) is 17.9 Å². The first-order chi connectivity index (χ1) is 14.5. The maximum atomic E-state index is 13.6. The monoisotopic (exact) mass is 427 g/mol. The van der Waals surface area contributed by atoms with Crippen molar-refractivity contribution in [3.63, 3.8) is 0 Å². The third-order valence-corrected chi connectivity index (χ3v) is 7.66. The van der Waals surface area contributed by atoms with Crippen LogP contribution >= 0.6 is 11.8 Å². The van der Waals surface area contributed by atoms with E-state index in [0.29, 0.717) is 18.2 Å². The molecule has 2 amide bonds. The van der Waals surface area contributed by atoms with Gasteiger partial charge in [-0.15, -0.1) is 0 Å². The highest BCUT2D eigenvalue weighted by atomic mass is 32.2. The Morgan fingerprint density at radius 2 is 1.93 bits per heavy atom. The summed E-state index contributed by atoms with van der Waals surface area (Å²) in [7, 11) is 2.04. The van der Waals surface area contributed by atoms with E-state index in [1.165, 1.54) is 6.42 Å². The molecule has 30 heavy (non-hydrogen) atoms. The molecule has 1 N–H and O–H groups in total. The summed E-state index contributed by atoms with van der Waals surface area (Å²) in [6.07, 6.45) is 6.40. The molecule has 6 heteroatoms. The summed E-state index contributed by atoms with van der Waals surface area (Å²) >= 11 is 1.58. The zero-order chi connectivity index (χ0) is 21.3. The standard InChI is InChI=1S/C24H33N3O2S/c1-16(2)13-14-25-23(29)22-21-18-11-7-8-12-19(18)26(3)24(21)30-15-20(28)27(22)17-9-5-4-6-10-17/h7-8,11-12,16-17,22H,4-6,9-10,13-15H2,1-3H3,(H,25,29)/t22-/m0/s1. The topological polar surface area (TPSA) is 54.3 Å². The first-order valence-electron chi connectivity index (χ1n) is 11.3. The van der Waals surface area contributed by atoms with Crippen LogP contribution in [0.15, 0.2) is 29.3 Å². The zero-order valence-corrected chi connectivity index (χ0v) is 19.1. The number of aryl methyl sites for hydroxylation is 1. The van der Waals surface area contributed by atoms with E-state index >= 15 is 0 Å². The molecule has 1 atom stereocenters. The second-order valence-corrected chi connectivity index (χ2v) is 10.0. The average Bonchev–Trinajstić information content (AvgIpc) is 2.91. The van der Waals surface area contributed by atoms with Crippen molar-refractivity contribution in [2.75, 3.05) is 12.3 Å². The lowest BCUT2D eigenvalue weighted by molar-refractivity contribution is -0.142. The van der Waals surface area contributed by atoms with Gasteiger partial charge < -0.3 is 14.8 Å². The summed E-state index contributed by atoms with van der Waals surface area (Å²) in [4.78, 5) is 28.9. The number of aromatic nitrogens is 1. The van der Waals surface area contributed by atoms with E-state index in [1.807, 2.05) is 24.1 Å². The first-order valence-corrected chi connectivity index (χ1v) is 12.3. The van der Waals surface area contributed by atoms with Gasteiger partial charge in [-0.25, -0.2) is 0 Å². The van der Waals surface area contributed by atoms with Crippen molar-refractivity contribution in [2.45, 2.75) is 69.5 Å². The summed E-state index contributed by atoms with van der Waals surface area (Å²) in [6, 6.07) is 7.86. The number of hydrogen-bond donors (Lipinski definition) is 1. The van der Waals surface area contributed by atoms with Gasteiger partial charge in [-0.3, -0.25) is 9.59 Å². The number of benzene rings is 1. The number of nitrogens with one attached hydrogen (secondary N) is 1. The van der Waals surface area contributed by atoms with E-state index in [9.17, 15) is 9.59 Å². The summed E-state index contributed by atoms with van der Waals surface area (Å²) in [6.45, 7) is 4.97. The lowest BCUT2D eigenvalue weighted by Crippen LogP contribution is -2.49. The van der Waals surface area contributed by atoms with E-state index in [0.717, 1.165) is 53.6 Å². The third-order valence-electron chi connectivity index (χ3n) is 6.50. The van der Waals surface area contributed by atoms with Crippen molar-refractivity contribution in [3.05, 3.63) is 29.8 Å². The van der Waals surface area contributed by atoms with Crippen LogP contribution in [0.4, 0.5) is 0 Å². The number of nitrogens with zero attached hydrogens (tertiary/aromatic N) is 2. The molecule has 1 saturated carbocycles. The number of para-hydroxylation sites is 1. The third kappa shape index (κ3) is 3.98. The van der Waals surface area contributed by atoms with Crippen molar-refractivity contribution in [3.8, 4) is 0 Å². The van der Waals surface area contributed by atoms with Gasteiger partial charge in [0.1, 0.15) is 6.04 Å². The van der Waals surface area contributed by atoms with Gasteiger partial charge in [0.2, 0.25) is 11.8 Å². The predicted molar refractivity (Wildman–Crippen MR) is 123 cm³/mol. The Morgan fingerprint density at radius 3 is 2.67 bits per heavy atom. The molecule has 1 fully saturated rings. The molecule has 1 aromatic carbocycles. The second-order valence-electron chi connectivity index (χ2n) is 9.05.